The van der Waals surface area contributed by atoms with Crippen LogP contribution in [-0.4, -0.2) is 69.5 Å². The van der Waals surface area contributed by atoms with Crippen molar-refractivity contribution in [3.05, 3.63) is 33.4 Å². The molecule has 0 radical (unpaired) electrons. The average Bonchev–Trinajstić information content (AvgIpc) is 2.66. The van der Waals surface area contributed by atoms with E-state index in [9.17, 15) is 40.3 Å². The first-order chi connectivity index (χ1) is 13.5. The van der Waals surface area contributed by atoms with Gasteiger partial charge < -0.3 is 25.1 Å². The Morgan fingerprint density at radius 1 is 1.21 bits per heavy atom. The minimum Gasteiger partial charge on any atom is -0.506 e. The number of amides is 2. The number of nitro benzene ring substituents is 1. The first kappa shape index (κ1) is 22.8. The molecular formula is C18H18N4O7. The Labute approximate surface area is 165 Å². The molecule has 2 amide bonds. The summed E-state index contributed by atoms with van der Waals surface area (Å²) in [7, 11) is 4.43. The molecule has 0 atom stereocenters. The highest BCUT2D eigenvalue weighted by Gasteiger charge is 2.24. The van der Waals surface area contributed by atoms with Crippen LogP contribution in [0.3, 0.4) is 0 Å². The van der Waals surface area contributed by atoms with Gasteiger partial charge in [0, 0.05) is 32.8 Å². The first-order valence-electron chi connectivity index (χ1n) is 7.96. The topological polar surface area (TPSA) is 168 Å². The maximum atomic E-state index is 12.4. The highest BCUT2D eigenvalue weighted by Crippen LogP contribution is 2.38. The van der Waals surface area contributed by atoms with E-state index in [2.05, 4.69) is 11.8 Å². The molecule has 0 saturated carbocycles. The van der Waals surface area contributed by atoms with Crippen LogP contribution in [0, 0.1) is 33.3 Å². The molecule has 11 nitrogen and oxygen atoms in total. The zero-order chi connectivity index (χ0) is 22.3. The minimum atomic E-state index is -1.02. The maximum absolute atomic E-state index is 12.4. The molecule has 0 aliphatic rings. The predicted molar refractivity (Wildman–Crippen MR) is 100 cm³/mol. The second-order valence-electron chi connectivity index (χ2n) is 5.94. The van der Waals surface area contributed by atoms with Gasteiger partial charge in [0.25, 0.3) is 5.91 Å². The number of nitrogens with zero attached hydrogens (tertiary/aromatic N) is 4. The summed E-state index contributed by atoms with van der Waals surface area (Å²) in [6.45, 7) is -0.154. The van der Waals surface area contributed by atoms with Gasteiger partial charge in [-0.05, 0) is 6.07 Å². The fraction of sp³-hybridized carbons (Fsp3) is 0.278. The summed E-state index contributed by atoms with van der Waals surface area (Å²) >= 11 is 0. The van der Waals surface area contributed by atoms with Crippen molar-refractivity contribution in [2.45, 2.75) is 6.42 Å². The molecule has 0 bridgehead atoms. The van der Waals surface area contributed by atoms with Gasteiger partial charge in [0.15, 0.2) is 11.3 Å². The summed E-state index contributed by atoms with van der Waals surface area (Å²) in [5.74, 6) is 1.15. The van der Waals surface area contributed by atoms with Crippen LogP contribution in [0.25, 0.3) is 5.76 Å². The monoisotopic (exact) mass is 402 g/mol. The molecular weight excluding hydrogens is 384 g/mol. The number of rotatable bonds is 5. The van der Waals surface area contributed by atoms with E-state index < -0.39 is 44.9 Å². The molecule has 0 saturated heterocycles. The molecule has 0 heterocycles. The second-order valence-corrected chi connectivity index (χ2v) is 5.94. The molecule has 0 aliphatic carbocycles. The molecule has 3 N–H and O–H groups in total. The third kappa shape index (κ3) is 5.61. The third-order valence-electron chi connectivity index (χ3n) is 3.63. The first-order valence-corrected chi connectivity index (χ1v) is 7.96. The molecule has 1 rings (SSSR count). The Hall–Kier alpha value is -4.25. The van der Waals surface area contributed by atoms with E-state index in [1.165, 1.54) is 18.0 Å². The van der Waals surface area contributed by atoms with Crippen LogP contribution < -0.4 is 0 Å². The normalized spacial score (nSPS) is 10.7. The van der Waals surface area contributed by atoms with Gasteiger partial charge in [-0.3, -0.25) is 19.7 Å². The van der Waals surface area contributed by atoms with E-state index in [1.807, 2.05) is 0 Å². The van der Waals surface area contributed by atoms with E-state index >= 15 is 0 Å². The molecule has 1 aromatic rings. The van der Waals surface area contributed by atoms with Crippen molar-refractivity contribution < 1.29 is 29.8 Å². The number of carbonyl (C=O) groups excluding carboxylic acids is 2. The largest absolute Gasteiger partial charge is 0.506 e. The number of phenolic OH excluding ortho intramolecular Hbond substituents is 2. The number of nitriles is 1. The number of likely N-dealkylation sites (N-methyl/N-ethyl adjacent to an activating group) is 1. The van der Waals surface area contributed by atoms with Crippen molar-refractivity contribution in [1.29, 1.82) is 5.26 Å². The Morgan fingerprint density at radius 2 is 1.83 bits per heavy atom. The van der Waals surface area contributed by atoms with Crippen molar-refractivity contribution in [1.82, 2.24) is 9.80 Å². The van der Waals surface area contributed by atoms with E-state index in [1.54, 1.807) is 14.1 Å². The zero-order valence-electron chi connectivity index (χ0n) is 15.8. The van der Waals surface area contributed by atoms with Crippen LogP contribution in [0.1, 0.15) is 12.0 Å². The molecule has 29 heavy (non-hydrogen) atoms. The second kappa shape index (κ2) is 9.62. The molecule has 11 heteroatoms. The number of nitro groups is 1. The molecule has 0 fully saturated rings. The molecule has 0 aromatic heterocycles. The number of aliphatic hydroxyl groups excluding tert-OH is 1. The average molecular weight is 402 g/mol. The van der Waals surface area contributed by atoms with Crippen molar-refractivity contribution in [2.75, 3.05) is 27.7 Å². The van der Waals surface area contributed by atoms with Gasteiger partial charge in [-0.2, -0.15) is 5.26 Å². The van der Waals surface area contributed by atoms with E-state index in [-0.39, 0.29) is 18.9 Å². The summed E-state index contributed by atoms with van der Waals surface area (Å²) < 4.78 is 0. The van der Waals surface area contributed by atoms with Gasteiger partial charge >= 0.3 is 5.69 Å². The summed E-state index contributed by atoms with van der Waals surface area (Å²) in [6.07, 6.45) is -0.0579. The fourth-order valence-corrected chi connectivity index (χ4v) is 1.96. The zero-order valence-corrected chi connectivity index (χ0v) is 15.8. The standard InChI is InChI=1S/C18H18N4O7/c1-20(2)15(24)6-4-5-7-21(3)18(27)12(10-19)16(25)11-8-13(22(28)29)17(26)14(23)9-11/h8-9,23,25-26H,6-7H2,1-3H3/b16-12-. The SMILES string of the molecule is CN(C)C(=O)CC#CCN(C)C(=O)/C(C#N)=C(\O)c1cc(O)c(O)c([N+](=O)[O-])c1. The minimum absolute atomic E-state index is 0.0579. The smallest absolute Gasteiger partial charge is 0.315 e. The Kier molecular flexibility index (Phi) is 7.56. The van der Waals surface area contributed by atoms with Gasteiger partial charge in [0.05, 0.1) is 17.9 Å². The molecule has 152 valence electrons. The van der Waals surface area contributed by atoms with Crippen LogP contribution >= 0.6 is 0 Å². The van der Waals surface area contributed by atoms with Crippen molar-refractivity contribution in [3.63, 3.8) is 0 Å². The number of benzene rings is 1. The van der Waals surface area contributed by atoms with Crippen LogP contribution in [0.2, 0.25) is 0 Å². The van der Waals surface area contributed by atoms with E-state index in [0.717, 1.165) is 11.0 Å². The Balaban J connectivity index is 3.15. The number of hydrogen-bond donors (Lipinski definition) is 3. The number of aliphatic hydroxyl groups is 1. The fourth-order valence-electron chi connectivity index (χ4n) is 1.96. The van der Waals surface area contributed by atoms with Gasteiger partial charge in [-0.25, -0.2) is 0 Å². The number of phenols is 2. The summed E-state index contributed by atoms with van der Waals surface area (Å²) in [5.41, 5.74) is -2.08. The maximum Gasteiger partial charge on any atom is 0.315 e. The lowest BCUT2D eigenvalue weighted by Gasteiger charge is -2.14. The van der Waals surface area contributed by atoms with E-state index in [4.69, 9.17) is 0 Å². The summed E-state index contributed by atoms with van der Waals surface area (Å²) in [4.78, 5) is 36.1. The molecule has 0 unspecified atom stereocenters. The van der Waals surface area contributed by atoms with Gasteiger partial charge in [0.2, 0.25) is 11.7 Å². The van der Waals surface area contributed by atoms with Crippen LogP contribution in [0.15, 0.2) is 17.7 Å². The summed E-state index contributed by atoms with van der Waals surface area (Å²) in [6, 6.07) is 2.99. The predicted octanol–water partition coefficient (Wildman–Crippen LogP) is 0.739. The highest BCUT2D eigenvalue weighted by atomic mass is 16.6. The van der Waals surface area contributed by atoms with Crippen molar-refractivity contribution >= 4 is 23.3 Å². The van der Waals surface area contributed by atoms with Gasteiger partial charge in [-0.15, -0.1) is 0 Å². The molecule has 0 spiro atoms. The van der Waals surface area contributed by atoms with Crippen molar-refractivity contribution in [2.24, 2.45) is 0 Å². The van der Waals surface area contributed by atoms with Crippen LogP contribution in [0.4, 0.5) is 5.69 Å². The lowest BCUT2D eigenvalue weighted by Crippen LogP contribution is -2.28. The quantitative estimate of drug-likeness (QED) is 0.123. The van der Waals surface area contributed by atoms with Crippen LogP contribution in [-0.2, 0) is 9.59 Å². The summed E-state index contributed by atoms with van der Waals surface area (Å²) in [5, 5.41) is 49.5. The van der Waals surface area contributed by atoms with Crippen molar-refractivity contribution in [3.8, 4) is 29.4 Å². The lowest BCUT2D eigenvalue weighted by atomic mass is 10.1. The number of hydrogen-bond acceptors (Lipinski definition) is 8. The third-order valence-corrected chi connectivity index (χ3v) is 3.63. The molecule has 0 aliphatic heterocycles. The van der Waals surface area contributed by atoms with Gasteiger partial charge in [0.1, 0.15) is 11.8 Å². The molecule has 1 aromatic carbocycles. The number of carbonyl (C=O) groups is 2. The van der Waals surface area contributed by atoms with Gasteiger partial charge in [-0.1, -0.05) is 11.8 Å². The highest BCUT2D eigenvalue weighted by molar-refractivity contribution is 6.03. The van der Waals surface area contributed by atoms with Crippen LogP contribution in [0.5, 0.6) is 11.5 Å². The number of aromatic hydroxyl groups is 2. The van der Waals surface area contributed by atoms with E-state index in [0.29, 0.717) is 6.07 Å². The lowest BCUT2D eigenvalue weighted by molar-refractivity contribution is -0.386. The Morgan fingerprint density at radius 3 is 2.34 bits per heavy atom. The Bertz CT molecular complexity index is 980.